The predicted molar refractivity (Wildman–Crippen MR) is 129 cm³/mol. The Balaban J connectivity index is 1.62. The number of esters is 1. The van der Waals surface area contributed by atoms with Gasteiger partial charge in [-0.05, 0) is 67.6 Å². The van der Waals surface area contributed by atoms with Gasteiger partial charge in [0.1, 0.15) is 5.75 Å². The number of hydrogen-bond acceptors (Lipinski definition) is 7. The van der Waals surface area contributed by atoms with Gasteiger partial charge in [-0.2, -0.15) is 0 Å². The molecule has 0 heterocycles. The molecule has 182 valence electrons. The number of anilines is 2. The molecule has 0 spiro atoms. The number of ether oxygens (including phenoxy) is 2. The van der Waals surface area contributed by atoms with E-state index in [9.17, 15) is 22.8 Å². The molecule has 0 aliphatic rings. The van der Waals surface area contributed by atoms with Crippen LogP contribution in [0, 0.1) is 0 Å². The van der Waals surface area contributed by atoms with Crippen LogP contribution in [0.2, 0.25) is 0 Å². The quantitative estimate of drug-likeness (QED) is 0.384. The van der Waals surface area contributed by atoms with Crippen molar-refractivity contribution < 1.29 is 32.3 Å². The number of carbonyl (C=O) groups excluding carboxylic acids is 3. The van der Waals surface area contributed by atoms with Crippen LogP contribution >= 0.6 is 0 Å². The monoisotopic (exact) mass is 497 g/mol. The average molecular weight is 498 g/mol. The maximum absolute atomic E-state index is 12.7. The normalized spacial score (nSPS) is 11.7. The topological polar surface area (TPSA) is 154 Å². The molecular formula is C24H23N3O7S. The minimum absolute atomic E-state index is 0.0618. The average Bonchev–Trinajstić information content (AvgIpc) is 2.84. The molecule has 0 fully saturated rings. The molecule has 3 aromatic rings. The largest absolute Gasteiger partial charge is 0.495 e. The molecule has 4 N–H and O–H groups in total. The zero-order valence-electron chi connectivity index (χ0n) is 18.8. The summed E-state index contributed by atoms with van der Waals surface area (Å²) in [5, 5.41) is 2.56. The van der Waals surface area contributed by atoms with E-state index in [1.165, 1.54) is 62.6 Å². The van der Waals surface area contributed by atoms with E-state index in [1.807, 2.05) is 0 Å². The molecule has 0 aliphatic heterocycles. The Morgan fingerprint density at radius 1 is 0.886 bits per heavy atom. The number of nitrogens with one attached hydrogen (secondary N) is 2. The van der Waals surface area contributed by atoms with Gasteiger partial charge >= 0.3 is 5.97 Å². The Hall–Kier alpha value is -4.38. The number of methoxy groups -OCH3 is 1. The fourth-order valence-electron chi connectivity index (χ4n) is 2.95. The zero-order valence-corrected chi connectivity index (χ0v) is 19.7. The highest BCUT2D eigenvalue weighted by molar-refractivity contribution is 7.92. The fraction of sp³-hybridized carbons (Fsp3) is 0.125. The second-order valence-electron chi connectivity index (χ2n) is 7.31. The van der Waals surface area contributed by atoms with Gasteiger partial charge < -0.3 is 20.5 Å². The number of rotatable bonds is 9. The maximum atomic E-state index is 12.7. The summed E-state index contributed by atoms with van der Waals surface area (Å²) in [6, 6.07) is 17.5. The van der Waals surface area contributed by atoms with E-state index < -0.39 is 33.9 Å². The third-order valence-electron chi connectivity index (χ3n) is 4.84. The SMILES string of the molecule is COc1ccccc1NS(=O)(=O)c1ccc(C(=O)O[C@H](C)C(=O)Nc2ccc(C(N)=O)cc2)cc1. The molecule has 0 saturated carbocycles. The summed E-state index contributed by atoms with van der Waals surface area (Å²) in [5.41, 5.74) is 6.18. The first-order valence-electron chi connectivity index (χ1n) is 10.3. The summed E-state index contributed by atoms with van der Waals surface area (Å²) >= 11 is 0. The fourth-order valence-corrected chi connectivity index (χ4v) is 4.02. The van der Waals surface area contributed by atoms with Crippen molar-refractivity contribution in [1.29, 1.82) is 0 Å². The van der Waals surface area contributed by atoms with Gasteiger partial charge in [-0.1, -0.05) is 12.1 Å². The number of nitrogens with two attached hydrogens (primary N) is 1. The predicted octanol–water partition coefficient (Wildman–Crippen LogP) is 2.78. The molecular weight excluding hydrogens is 474 g/mol. The first-order valence-corrected chi connectivity index (χ1v) is 11.8. The van der Waals surface area contributed by atoms with Crippen molar-refractivity contribution in [2.75, 3.05) is 17.1 Å². The van der Waals surface area contributed by atoms with Crippen LogP contribution < -0.4 is 20.5 Å². The van der Waals surface area contributed by atoms with E-state index in [1.54, 1.807) is 24.3 Å². The maximum Gasteiger partial charge on any atom is 0.338 e. The molecule has 0 bridgehead atoms. The van der Waals surface area contributed by atoms with Crippen LogP contribution in [-0.4, -0.2) is 39.4 Å². The Kier molecular flexibility index (Phi) is 7.72. The van der Waals surface area contributed by atoms with Crippen LogP contribution in [0.25, 0.3) is 0 Å². The lowest BCUT2D eigenvalue weighted by Crippen LogP contribution is -2.30. The van der Waals surface area contributed by atoms with Gasteiger partial charge in [0, 0.05) is 11.3 Å². The number of carbonyl (C=O) groups is 3. The lowest BCUT2D eigenvalue weighted by atomic mass is 10.2. The second-order valence-corrected chi connectivity index (χ2v) is 8.99. The first-order chi connectivity index (χ1) is 16.6. The Bertz CT molecular complexity index is 1340. The summed E-state index contributed by atoms with van der Waals surface area (Å²) < 4.78 is 38.1. The van der Waals surface area contributed by atoms with Crippen molar-refractivity contribution in [3.05, 3.63) is 83.9 Å². The first kappa shape index (κ1) is 25.2. The van der Waals surface area contributed by atoms with Crippen LogP contribution in [-0.2, 0) is 19.6 Å². The third kappa shape index (κ3) is 6.36. The summed E-state index contributed by atoms with van der Waals surface area (Å²) in [4.78, 5) is 35.8. The number of para-hydroxylation sites is 2. The van der Waals surface area contributed by atoms with Gasteiger partial charge in [-0.3, -0.25) is 14.3 Å². The van der Waals surface area contributed by atoms with Crippen molar-refractivity contribution in [1.82, 2.24) is 0 Å². The summed E-state index contributed by atoms with van der Waals surface area (Å²) in [6.45, 7) is 1.39. The highest BCUT2D eigenvalue weighted by atomic mass is 32.2. The molecule has 0 aliphatic carbocycles. The van der Waals surface area contributed by atoms with Crippen LogP contribution in [0.15, 0.2) is 77.7 Å². The summed E-state index contributed by atoms with van der Waals surface area (Å²) in [5.74, 6) is -1.64. The van der Waals surface area contributed by atoms with Crippen molar-refractivity contribution in [2.24, 2.45) is 5.73 Å². The Morgan fingerprint density at radius 3 is 2.09 bits per heavy atom. The highest BCUT2D eigenvalue weighted by Gasteiger charge is 2.21. The molecule has 3 aromatic carbocycles. The van der Waals surface area contributed by atoms with E-state index in [2.05, 4.69) is 10.0 Å². The number of amides is 2. The number of sulfonamides is 1. The van der Waals surface area contributed by atoms with Gasteiger partial charge in [0.2, 0.25) is 5.91 Å². The molecule has 10 nitrogen and oxygen atoms in total. The minimum Gasteiger partial charge on any atom is -0.495 e. The Morgan fingerprint density at radius 2 is 1.49 bits per heavy atom. The van der Waals surface area contributed by atoms with Gasteiger partial charge in [0.15, 0.2) is 6.10 Å². The standard InChI is InChI=1S/C24H23N3O7S/c1-15(23(29)26-18-11-7-16(8-12-18)22(25)28)34-24(30)17-9-13-19(14-10-17)35(31,32)27-20-5-3-4-6-21(20)33-2/h3-15,27H,1-2H3,(H2,25,28)(H,26,29)/t15-/m1/s1. The van der Waals surface area contributed by atoms with E-state index >= 15 is 0 Å². The van der Waals surface area contributed by atoms with E-state index in [-0.39, 0.29) is 21.7 Å². The Labute approximate surface area is 202 Å². The molecule has 3 rings (SSSR count). The smallest absolute Gasteiger partial charge is 0.338 e. The highest BCUT2D eigenvalue weighted by Crippen LogP contribution is 2.26. The number of hydrogen-bond donors (Lipinski definition) is 3. The molecule has 11 heteroatoms. The van der Waals surface area contributed by atoms with Crippen LogP contribution in [0.5, 0.6) is 5.75 Å². The summed E-state index contributed by atoms with van der Waals surface area (Å²) in [6.07, 6.45) is -1.14. The van der Waals surface area contributed by atoms with Crippen molar-refractivity contribution in [2.45, 2.75) is 17.9 Å². The zero-order chi connectivity index (χ0) is 25.6. The molecule has 0 radical (unpaired) electrons. The van der Waals surface area contributed by atoms with Crippen LogP contribution in [0.4, 0.5) is 11.4 Å². The third-order valence-corrected chi connectivity index (χ3v) is 6.22. The van der Waals surface area contributed by atoms with Crippen LogP contribution in [0.1, 0.15) is 27.6 Å². The van der Waals surface area contributed by atoms with Crippen molar-refractivity contribution in [3.8, 4) is 5.75 Å². The minimum atomic E-state index is -3.94. The van der Waals surface area contributed by atoms with Crippen LogP contribution in [0.3, 0.4) is 0 Å². The lowest BCUT2D eigenvalue weighted by molar-refractivity contribution is -0.123. The van der Waals surface area contributed by atoms with E-state index in [0.717, 1.165) is 0 Å². The van der Waals surface area contributed by atoms with Gasteiger partial charge in [0.25, 0.3) is 15.9 Å². The lowest BCUT2D eigenvalue weighted by Gasteiger charge is -2.14. The molecule has 0 saturated heterocycles. The van der Waals surface area contributed by atoms with Gasteiger partial charge in [-0.25, -0.2) is 13.2 Å². The van der Waals surface area contributed by atoms with Gasteiger partial charge in [-0.15, -0.1) is 0 Å². The van der Waals surface area contributed by atoms with Crippen molar-refractivity contribution in [3.63, 3.8) is 0 Å². The van der Waals surface area contributed by atoms with E-state index in [0.29, 0.717) is 11.4 Å². The van der Waals surface area contributed by atoms with Crippen molar-refractivity contribution >= 4 is 39.2 Å². The molecule has 35 heavy (non-hydrogen) atoms. The van der Waals surface area contributed by atoms with Gasteiger partial charge in [0.05, 0.1) is 23.3 Å². The molecule has 2 amide bonds. The molecule has 1 atom stereocenters. The molecule has 0 unspecified atom stereocenters. The number of benzene rings is 3. The summed E-state index contributed by atoms with van der Waals surface area (Å²) in [7, 11) is -2.52. The molecule has 0 aromatic heterocycles. The number of primary amides is 1. The van der Waals surface area contributed by atoms with E-state index in [4.69, 9.17) is 15.2 Å². The second kappa shape index (κ2) is 10.7.